The summed E-state index contributed by atoms with van der Waals surface area (Å²) in [4.78, 5) is 20.4. The van der Waals surface area contributed by atoms with Gasteiger partial charge in [-0.15, -0.1) is 0 Å². The molecule has 4 atom stereocenters. The Hall–Kier alpha value is -6.88. The van der Waals surface area contributed by atoms with Crippen molar-refractivity contribution in [3.63, 3.8) is 0 Å². The molecule has 0 aliphatic carbocycles. The van der Waals surface area contributed by atoms with Crippen molar-refractivity contribution in [3.05, 3.63) is 152 Å². The van der Waals surface area contributed by atoms with E-state index in [-0.39, 0.29) is 83.7 Å². The van der Waals surface area contributed by atoms with Gasteiger partial charge in [-0.25, -0.2) is 18.0 Å². The number of phenolic OH excluding ortho intramolecular Hbond substituents is 1. The summed E-state index contributed by atoms with van der Waals surface area (Å²) in [6.07, 6.45) is -15.2. The third-order valence-electron chi connectivity index (χ3n) is 10.2. The second-order valence-electron chi connectivity index (χ2n) is 17.3. The van der Waals surface area contributed by atoms with E-state index in [4.69, 9.17) is 43.2 Å². The van der Waals surface area contributed by atoms with Crippen LogP contribution in [-0.2, 0) is 48.2 Å². The Balaban J connectivity index is 0.000000342. The number of hydrogen-bond acceptors (Lipinski definition) is 13. The number of phenols is 1. The number of nitrogens with zero attached hydrogens (tertiary/aromatic N) is 1. The second-order valence-corrected chi connectivity index (χ2v) is 18.9. The van der Waals surface area contributed by atoms with Crippen LogP contribution in [0.2, 0.25) is 0 Å². The van der Waals surface area contributed by atoms with E-state index in [1.165, 1.54) is 95.3 Å². The minimum Gasteiger partial charge on any atom is -0.508 e. The van der Waals surface area contributed by atoms with Crippen LogP contribution in [-0.4, -0.2) is 98.8 Å². The van der Waals surface area contributed by atoms with Gasteiger partial charge in [-0.2, -0.15) is 47.9 Å². The largest absolute Gasteiger partial charge is 0.508 e. The van der Waals surface area contributed by atoms with E-state index in [0.717, 1.165) is 36.4 Å². The molecule has 15 nitrogen and oxygen atoms in total. The lowest BCUT2D eigenvalue weighted by Gasteiger charge is -2.15. The molecule has 79 heavy (non-hydrogen) atoms. The van der Waals surface area contributed by atoms with Crippen molar-refractivity contribution in [2.75, 3.05) is 39.6 Å². The number of aryl methyl sites for hydroxylation is 3. The number of hydrogen-bond donors (Lipinski definition) is 3. The summed E-state index contributed by atoms with van der Waals surface area (Å²) in [5.74, 6) is -4.77. The van der Waals surface area contributed by atoms with E-state index < -0.39 is 85.6 Å². The zero-order valence-electron chi connectivity index (χ0n) is 42.5. The summed E-state index contributed by atoms with van der Waals surface area (Å²) in [7, 11) is -3.96. The van der Waals surface area contributed by atoms with E-state index in [0.29, 0.717) is 26.7 Å². The van der Waals surface area contributed by atoms with Gasteiger partial charge in [0.05, 0.1) is 53.1 Å². The molecule has 0 saturated carbocycles. The molecule has 2 aliphatic heterocycles. The minimum absolute atomic E-state index is 0. The monoisotopic (exact) mass is 1170 g/mol. The molecule has 5 aromatic rings. The molecular weight excluding hydrogens is 1110 g/mol. The summed E-state index contributed by atoms with van der Waals surface area (Å²) < 4.78 is 204. The highest BCUT2D eigenvalue weighted by atomic mass is 32.2. The number of aliphatic hydroxyl groups excluding tert-OH is 1. The van der Waals surface area contributed by atoms with Crippen molar-refractivity contribution in [2.24, 2.45) is 0 Å². The predicted molar refractivity (Wildman–Crippen MR) is 260 cm³/mol. The predicted octanol–water partition coefficient (Wildman–Crippen LogP) is 12.5. The van der Waals surface area contributed by atoms with Crippen molar-refractivity contribution in [3.8, 4) is 23.0 Å². The molecule has 2 fully saturated rings. The van der Waals surface area contributed by atoms with Gasteiger partial charge < -0.3 is 39.0 Å². The molecule has 5 aromatic carbocycles. The van der Waals surface area contributed by atoms with Crippen molar-refractivity contribution < 1.29 is 115 Å². The molecule has 0 radical (unpaired) electrons. The number of benzene rings is 5. The highest BCUT2D eigenvalue weighted by Crippen LogP contribution is 2.37. The quantitative estimate of drug-likeness (QED) is 0.0275. The topological polar surface area (TPSA) is 217 Å². The number of aliphatic hydroxyl groups is 1. The number of ether oxygens (including phenoxy) is 5. The zero-order valence-corrected chi connectivity index (χ0v) is 43.3. The Kier molecular flexibility index (Phi) is 23.8. The number of aromatic carboxylic acids is 1. The van der Waals surface area contributed by atoms with Crippen LogP contribution in [0, 0.1) is 30.9 Å². The Morgan fingerprint density at radius 3 is 1.53 bits per heavy atom. The first-order valence-corrected chi connectivity index (χ1v) is 24.4. The standard InChI is InChI=1S/C12H13F3O3.C11H11F3O2.C11H13F3O2.C9H9NO6S.C8H7F3O.H2/c1-7(13)6-18-8-3-4-9(11(16)17)10(5-8)12(2,14)15;1-7-2-3-8(15-5-9-6-16-9)4-10(7)11(12,13)14;1-7-3-4-9(16-6-8(2)15)5-10(7)11(12,13)14;11-10(12)7-2-1-3-9(4-7)17(13,14)16-6-8-5-15-8;1-5-2-3-6(12)4-7(5)8(9,10)11;/h3-5,7H,6H2,1-2H3,(H,16,17);2-4,9H,5-6H2,1H3;3-5,8,15H,6H2,1-2H3;1-4,8H,5-6H2;2-4,12H,1H3;1H/t7-;9-;2*8-;;/m1100../s1. The fourth-order valence-corrected chi connectivity index (χ4v) is 6.98. The van der Waals surface area contributed by atoms with E-state index in [9.17, 15) is 76.0 Å². The van der Waals surface area contributed by atoms with Crippen LogP contribution in [0.5, 0.6) is 23.0 Å². The van der Waals surface area contributed by atoms with Crippen LogP contribution in [0.3, 0.4) is 0 Å². The summed E-state index contributed by atoms with van der Waals surface area (Å²) in [5, 5.41) is 37.1. The summed E-state index contributed by atoms with van der Waals surface area (Å²) in [6, 6.07) is 18.8. The van der Waals surface area contributed by atoms with E-state index >= 15 is 0 Å². The Morgan fingerprint density at radius 2 is 1.11 bits per heavy atom. The molecular formula is C51H55F12NO14S. The van der Waals surface area contributed by atoms with E-state index in [1.807, 2.05) is 0 Å². The first-order chi connectivity index (χ1) is 36.4. The number of carbonyl (C=O) groups is 1. The maximum Gasteiger partial charge on any atom is 0.416 e. The van der Waals surface area contributed by atoms with Crippen LogP contribution in [0.1, 0.15) is 71.5 Å². The number of epoxide rings is 2. The third-order valence-corrected chi connectivity index (χ3v) is 11.5. The van der Waals surface area contributed by atoms with Crippen LogP contribution in [0.15, 0.2) is 102 Å². The Bertz CT molecular complexity index is 2860. The van der Waals surface area contributed by atoms with Crippen LogP contribution < -0.4 is 14.2 Å². The van der Waals surface area contributed by atoms with Crippen LogP contribution >= 0.6 is 0 Å². The molecule has 0 amide bonds. The SMILES string of the molecule is C[C@@H](F)COc1ccc(C(=O)O)c(C(C)(F)F)c1.Cc1ccc(O)cc1C(F)(F)F.Cc1ccc(OC[C@@H]2CO2)cc1C(F)(F)F.Cc1ccc(OC[C@H](C)O)cc1C(F)(F)F.O=[N+]([O-])c1cccc(S(=O)(=O)OC[C@@H]2CO2)c1.[HH]. The third kappa shape index (κ3) is 23.5. The average Bonchev–Trinajstić information content (AvgIpc) is 4.29. The number of halogens is 12. The highest BCUT2D eigenvalue weighted by molar-refractivity contribution is 7.86. The molecule has 0 spiro atoms. The first kappa shape index (κ1) is 66.4. The van der Waals surface area contributed by atoms with Gasteiger partial charge in [0.1, 0.15) is 66.1 Å². The first-order valence-electron chi connectivity index (χ1n) is 22.9. The van der Waals surface area contributed by atoms with Gasteiger partial charge >= 0.3 is 24.5 Å². The lowest BCUT2D eigenvalue weighted by Crippen LogP contribution is -2.15. The molecule has 0 aromatic heterocycles. The zero-order chi connectivity index (χ0) is 59.8. The second kappa shape index (κ2) is 28.3. The molecule has 2 aliphatic rings. The molecule has 2 saturated heterocycles. The maximum atomic E-state index is 13.3. The van der Waals surface area contributed by atoms with E-state index in [1.54, 1.807) is 0 Å². The Labute approximate surface area is 446 Å². The van der Waals surface area contributed by atoms with Gasteiger partial charge in [-0.05, 0) is 112 Å². The lowest BCUT2D eigenvalue weighted by molar-refractivity contribution is -0.385. The number of carboxylic acids is 1. The molecule has 7 rings (SSSR count). The smallest absolute Gasteiger partial charge is 0.416 e. The summed E-state index contributed by atoms with van der Waals surface area (Å²) in [6.45, 7) is 8.56. The summed E-state index contributed by atoms with van der Waals surface area (Å²) >= 11 is 0. The minimum atomic E-state index is -4.39. The molecule has 438 valence electrons. The van der Waals surface area contributed by atoms with Crippen LogP contribution in [0.4, 0.5) is 58.4 Å². The Morgan fingerprint density at radius 1 is 0.684 bits per heavy atom. The van der Waals surface area contributed by atoms with Gasteiger partial charge in [0, 0.05) is 26.0 Å². The number of nitro benzene ring substituents is 1. The number of alkyl halides is 12. The fourth-order valence-electron chi connectivity index (χ4n) is 6.00. The molecule has 3 N–H and O–H groups in total. The van der Waals surface area contributed by atoms with E-state index in [2.05, 4.69) is 0 Å². The number of aromatic hydroxyl groups is 1. The van der Waals surface area contributed by atoms with Gasteiger partial charge in [0.25, 0.3) is 21.7 Å². The number of non-ortho nitro benzene ring substituents is 1. The molecule has 0 unspecified atom stereocenters. The van der Waals surface area contributed by atoms with Gasteiger partial charge in [0.15, 0.2) is 0 Å². The normalized spacial score (nSPS) is 15.6. The van der Waals surface area contributed by atoms with Crippen molar-refractivity contribution >= 4 is 21.8 Å². The van der Waals surface area contributed by atoms with Crippen molar-refractivity contribution in [1.82, 2.24) is 0 Å². The highest BCUT2D eigenvalue weighted by Gasteiger charge is 2.35. The summed E-state index contributed by atoms with van der Waals surface area (Å²) in [5.41, 5.74) is -3.14. The lowest BCUT2D eigenvalue weighted by atomic mass is 10.0. The number of nitro groups is 1. The molecule has 0 bridgehead atoms. The number of rotatable bonds is 16. The van der Waals surface area contributed by atoms with Crippen LogP contribution in [0.25, 0.3) is 0 Å². The number of carboxylic acid groups (broad SMARTS) is 1. The van der Waals surface area contributed by atoms with Crippen molar-refractivity contribution in [1.29, 1.82) is 0 Å². The average molecular weight is 1170 g/mol. The van der Waals surface area contributed by atoms with Gasteiger partial charge in [-0.1, -0.05) is 24.3 Å². The van der Waals surface area contributed by atoms with Gasteiger partial charge in [0.2, 0.25) is 0 Å². The maximum absolute atomic E-state index is 13.3. The fraction of sp³-hybridized carbons (Fsp3) is 0.392. The van der Waals surface area contributed by atoms with Gasteiger partial charge in [-0.3, -0.25) is 14.3 Å². The molecule has 2 heterocycles. The van der Waals surface area contributed by atoms with Crippen molar-refractivity contribution in [2.45, 2.75) is 95.4 Å². The molecule has 28 heteroatoms.